The quantitative estimate of drug-likeness (QED) is 0.534. The molecule has 3 N–H and O–H groups in total. The second-order valence-electron chi connectivity index (χ2n) is 10.1. The van der Waals surface area contributed by atoms with E-state index in [4.69, 9.17) is 4.74 Å². The van der Waals surface area contributed by atoms with Crippen molar-refractivity contribution in [3.8, 4) is 0 Å². The van der Waals surface area contributed by atoms with Crippen molar-refractivity contribution in [1.82, 2.24) is 10.2 Å². The van der Waals surface area contributed by atoms with Crippen molar-refractivity contribution in [3.05, 3.63) is 71.3 Å². The molecule has 7 nitrogen and oxygen atoms in total. The van der Waals surface area contributed by atoms with Crippen molar-refractivity contribution in [1.29, 1.82) is 0 Å². The number of benzene rings is 2. The Morgan fingerprint density at radius 2 is 1.71 bits per heavy atom. The predicted octanol–water partition coefficient (Wildman–Crippen LogP) is 5.31. The van der Waals surface area contributed by atoms with Crippen LogP contribution in [-0.4, -0.2) is 45.5 Å². The van der Waals surface area contributed by atoms with Gasteiger partial charge in [0.2, 0.25) is 0 Å². The fourth-order valence-corrected chi connectivity index (χ4v) is 4.52. The number of carbonyl (C=O) groups is 2. The Morgan fingerprint density at radius 3 is 2.29 bits per heavy atom. The lowest BCUT2D eigenvalue weighted by molar-refractivity contribution is 0.0317. The summed E-state index contributed by atoms with van der Waals surface area (Å²) in [4.78, 5) is 25.3. The SMILES string of the molecule is C[C@H](NC(=O)OC(C)(C)C)c1ccc(C(O)C2CCN(C(=O)O)C(Cc3ccccc3)C2)cc1. The Morgan fingerprint density at radius 1 is 1.09 bits per heavy atom. The normalized spacial score (nSPS) is 20.3. The summed E-state index contributed by atoms with van der Waals surface area (Å²) in [5, 5.41) is 23.6. The molecule has 2 amide bonds. The number of carboxylic acid groups (broad SMARTS) is 1. The second kappa shape index (κ2) is 10.9. The Balaban J connectivity index is 1.64. The predicted molar refractivity (Wildman–Crippen MR) is 131 cm³/mol. The molecule has 0 saturated carbocycles. The lowest BCUT2D eigenvalue weighted by Crippen LogP contribution is -2.47. The van der Waals surface area contributed by atoms with Gasteiger partial charge in [0.25, 0.3) is 0 Å². The highest BCUT2D eigenvalue weighted by Crippen LogP contribution is 2.35. The number of nitrogens with one attached hydrogen (secondary N) is 1. The number of likely N-dealkylation sites (tertiary alicyclic amines) is 1. The first kappa shape index (κ1) is 25.6. The number of hydrogen-bond acceptors (Lipinski definition) is 4. The van der Waals surface area contributed by atoms with E-state index in [1.165, 1.54) is 4.90 Å². The lowest BCUT2D eigenvalue weighted by Gasteiger charge is -2.39. The maximum atomic E-state index is 12.0. The zero-order valence-electron chi connectivity index (χ0n) is 20.4. The van der Waals surface area contributed by atoms with Crippen LogP contribution >= 0.6 is 0 Å². The van der Waals surface area contributed by atoms with E-state index in [0.717, 1.165) is 16.7 Å². The number of alkyl carbamates (subject to hydrolysis) is 1. The summed E-state index contributed by atoms with van der Waals surface area (Å²) >= 11 is 0. The van der Waals surface area contributed by atoms with Gasteiger partial charge in [0.05, 0.1) is 12.1 Å². The fraction of sp³-hybridized carbons (Fsp3) is 0.481. The van der Waals surface area contributed by atoms with Gasteiger partial charge in [-0.3, -0.25) is 0 Å². The molecule has 184 valence electrons. The Labute approximate surface area is 201 Å². The average molecular weight is 469 g/mol. The maximum absolute atomic E-state index is 12.0. The molecule has 0 aliphatic carbocycles. The van der Waals surface area contributed by atoms with Crippen molar-refractivity contribution in [2.45, 2.75) is 70.7 Å². The number of piperidine rings is 1. The van der Waals surface area contributed by atoms with Crippen molar-refractivity contribution < 1.29 is 24.5 Å². The van der Waals surface area contributed by atoms with Gasteiger partial charge >= 0.3 is 12.2 Å². The third-order valence-corrected chi connectivity index (χ3v) is 6.27. The first-order valence-corrected chi connectivity index (χ1v) is 11.8. The Hall–Kier alpha value is -3.06. The van der Waals surface area contributed by atoms with Gasteiger partial charge in [-0.1, -0.05) is 54.6 Å². The summed E-state index contributed by atoms with van der Waals surface area (Å²) in [6.07, 6.45) is -0.234. The van der Waals surface area contributed by atoms with Gasteiger partial charge in [0.1, 0.15) is 5.60 Å². The molecule has 7 heteroatoms. The zero-order chi connectivity index (χ0) is 24.9. The summed E-state index contributed by atoms with van der Waals surface area (Å²) in [6, 6.07) is 17.0. The van der Waals surface area contributed by atoms with Crippen LogP contribution in [-0.2, 0) is 11.2 Å². The van der Waals surface area contributed by atoms with E-state index in [9.17, 15) is 19.8 Å². The molecule has 2 aromatic rings. The van der Waals surface area contributed by atoms with Crippen LogP contribution in [0.5, 0.6) is 0 Å². The summed E-state index contributed by atoms with van der Waals surface area (Å²) < 4.78 is 5.31. The van der Waals surface area contributed by atoms with Gasteiger partial charge in [0, 0.05) is 12.6 Å². The van der Waals surface area contributed by atoms with Crippen molar-refractivity contribution in [3.63, 3.8) is 0 Å². The molecule has 1 aliphatic rings. The minimum absolute atomic E-state index is 0.0347. The molecular weight excluding hydrogens is 432 g/mol. The van der Waals surface area contributed by atoms with E-state index in [1.807, 2.05) is 82.3 Å². The average Bonchev–Trinajstić information content (AvgIpc) is 2.78. The van der Waals surface area contributed by atoms with Gasteiger partial charge in [-0.05, 0) is 69.6 Å². The van der Waals surface area contributed by atoms with Crippen LogP contribution in [0.4, 0.5) is 9.59 Å². The highest BCUT2D eigenvalue weighted by molar-refractivity contribution is 5.68. The molecule has 1 saturated heterocycles. The highest BCUT2D eigenvalue weighted by atomic mass is 16.6. The van der Waals surface area contributed by atoms with E-state index in [-0.39, 0.29) is 18.0 Å². The van der Waals surface area contributed by atoms with Crippen LogP contribution < -0.4 is 5.32 Å². The van der Waals surface area contributed by atoms with Crippen molar-refractivity contribution >= 4 is 12.2 Å². The Bertz CT molecular complexity index is 955. The molecule has 2 aromatic carbocycles. The smallest absolute Gasteiger partial charge is 0.408 e. The van der Waals surface area contributed by atoms with Crippen LogP contribution in [0.2, 0.25) is 0 Å². The number of aliphatic hydroxyl groups is 1. The maximum Gasteiger partial charge on any atom is 0.408 e. The monoisotopic (exact) mass is 468 g/mol. The molecule has 3 rings (SSSR count). The van der Waals surface area contributed by atoms with E-state index in [2.05, 4.69) is 5.32 Å². The molecule has 1 aliphatic heterocycles. The number of carbonyl (C=O) groups excluding carboxylic acids is 1. The standard InChI is InChI=1S/C27H36N2O5/c1-18(28-25(31)34-27(2,3)4)20-10-12-21(13-11-20)24(30)22-14-15-29(26(32)33)23(17-22)16-19-8-6-5-7-9-19/h5-13,18,22-24,30H,14-17H2,1-4H3,(H,28,31)(H,32,33)/t18-,22?,23?,24?/m0/s1. The zero-order valence-corrected chi connectivity index (χ0v) is 20.4. The van der Waals surface area contributed by atoms with Gasteiger partial charge in [-0.15, -0.1) is 0 Å². The van der Waals surface area contributed by atoms with Gasteiger partial charge in [0.15, 0.2) is 0 Å². The first-order valence-electron chi connectivity index (χ1n) is 11.8. The molecule has 1 fully saturated rings. The van der Waals surface area contributed by atoms with Crippen LogP contribution in [0, 0.1) is 5.92 Å². The topological polar surface area (TPSA) is 99.1 Å². The number of rotatable bonds is 6. The molecule has 1 heterocycles. The van der Waals surface area contributed by atoms with Gasteiger partial charge < -0.3 is 25.2 Å². The van der Waals surface area contributed by atoms with Crippen LogP contribution in [0.25, 0.3) is 0 Å². The van der Waals surface area contributed by atoms with Crippen LogP contribution in [0.1, 0.15) is 69.4 Å². The largest absolute Gasteiger partial charge is 0.465 e. The van der Waals surface area contributed by atoms with Crippen LogP contribution in [0.15, 0.2) is 54.6 Å². The Kier molecular flexibility index (Phi) is 8.20. The fourth-order valence-electron chi connectivity index (χ4n) is 4.52. The number of hydrogen-bond donors (Lipinski definition) is 3. The van der Waals surface area contributed by atoms with Crippen molar-refractivity contribution in [2.75, 3.05) is 6.54 Å². The lowest BCUT2D eigenvalue weighted by atomic mass is 9.82. The minimum atomic E-state index is -0.912. The van der Waals surface area contributed by atoms with E-state index < -0.39 is 23.9 Å². The third-order valence-electron chi connectivity index (χ3n) is 6.27. The second-order valence-corrected chi connectivity index (χ2v) is 10.1. The molecule has 0 bridgehead atoms. The number of amides is 2. The molecule has 0 aromatic heterocycles. The van der Waals surface area contributed by atoms with E-state index in [1.54, 1.807) is 0 Å². The van der Waals surface area contributed by atoms with Gasteiger partial charge in [-0.25, -0.2) is 9.59 Å². The number of ether oxygens (including phenoxy) is 1. The first-order chi connectivity index (χ1) is 16.0. The molecule has 3 unspecified atom stereocenters. The molecule has 0 spiro atoms. The summed E-state index contributed by atoms with van der Waals surface area (Å²) in [6.45, 7) is 7.74. The molecule has 4 atom stereocenters. The summed E-state index contributed by atoms with van der Waals surface area (Å²) in [5.74, 6) is -0.0347. The van der Waals surface area contributed by atoms with Crippen LogP contribution in [0.3, 0.4) is 0 Å². The van der Waals surface area contributed by atoms with Crippen molar-refractivity contribution in [2.24, 2.45) is 5.92 Å². The summed E-state index contributed by atoms with van der Waals surface area (Å²) in [7, 11) is 0. The van der Waals surface area contributed by atoms with E-state index >= 15 is 0 Å². The minimum Gasteiger partial charge on any atom is -0.465 e. The molecular formula is C27H36N2O5. The number of nitrogens with zero attached hydrogens (tertiary/aromatic N) is 1. The molecule has 34 heavy (non-hydrogen) atoms. The summed E-state index contributed by atoms with van der Waals surface area (Å²) in [5.41, 5.74) is 2.22. The van der Waals surface area contributed by atoms with E-state index in [0.29, 0.717) is 25.8 Å². The molecule has 0 radical (unpaired) electrons. The third kappa shape index (κ3) is 6.97. The highest BCUT2D eigenvalue weighted by Gasteiger charge is 2.35. The number of aliphatic hydroxyl groups excluding tert-OH is 1. The van der Waals surface area contributed by atoms with Gasteiger partial charge in [-0.2, -0.15) is 0 Å².